The summed E-state index contributed by atoms with van der Waals surface area (Å²) >= 11 is 1.75. The third-order valence-corrected chi connectivity index (χ3v) is 6.38. The molecule has 0 spiro atoms. The molecule has 2 aliphatic rings. The summed E-state index contributed by atoms with van der Waals surface area (Å²) in [5, 5.41) is 5.39. The van der Waals surface area contributed by atoms with E-state index < -0.39 is 0 Å². The van der Waals surface area contributed by atoms with Gasteiger partial charge in [-0.1, -0.05) is 30.3 Å². The van der Waals surface area contributed by atoms with E-state index in [1.165, 1.54) is 16.0 Å². The van der Waals surface area contributed by atoms with Gasteiger partial charge in [0.25, 0.3) is 0 Å². The van der Waals surface area contributed by atoms with E-state index in [4.69, 9.17) is 4.74 Å². The molecule has 1 aromatic heterocycles. The Kier molecular flexibility index (Phi) is 6.22. The normalized spacial score (nSPS) is 22.0. The highest BCUT2D eigenvalue weighted by Crippen LogP contribution is 2.29. The van der Waals surface area contributed by atoms with Crippen LogP contribution in [-0.2, 0) is 22.5 Å². The molecule has 0 bridgehead atoms. The summed E-state index contributed by atoms with van der Waals surface area (Å²) in [4.78, 5) is 16.4. The Morgan fingerprint density at radius 3 is 2.93 bits per heavy atom. The minimum Gasteiger partial charge on any atom is -0.377 e. The van der Waals surface area contributed by atoms with Crippen LogP contribution in [0.3, 0.4) is 0 Å². The molecule has 0 unspecified atom stereocenters. The van der Waals surface area contributed by atoms with Gasteiger partial charge in [-0.25, -0.2) is 0 Å². The molecule has 0 saturated carbocycles. The first kappa shape index (κ1) is 18.7. The molecule has 2 aromatic rings. The minimum atomic E-state index is 0.117. The smallest absolute Gasteiger partial charge is 0.234 e. The molecule has 1 N–H and O–H groups in total. The molecule has 0 radical (unpaired) electrons. The van der Waals surface area contributed by atoms with Crippen molar-refractivity contribution in [2.75, 3.05) is 19.7 Å². The lowest BCUT2D eigenvalue weighted by Gasteiger charge is -2.28. The molecule has 1 fully saturated rings. The first-order valence-electron chi connectivity index (χ1n) is 10.0. The van der Waals surface area contributed by atoms with Crippen LogP contribution in [0.25, 0.3) is 0 Å². The van der Waals surface area contributed by atoms with Crippen molar-refractivity contribution < 1.29 is 9.53 Å². The zero-order chi connectivity index (χ0) is 18.5. The van der Waals surface area contributed by atoms with Crippen LogP contribution in [0.5, 0.6) is 0 Å². The number of thiophene rings is 1. The summed E-state index contributed by atoms with van der Waals surface area (Å²) in [6, 6.07) is 12.9. The first-order valence-corrected chi connectivity index (χ1v) is 10.9. The van der Waals surface area contributed by atoms with Gasteiger partial charge in [0.2, 0.25) is 5.91 Å². The third-order valence-electron chi connectivity index (χ3n) is 5.52. The van der Waals surface area contributed by atoms with Crippen LogP contribution in [0.2, 0.25) is 0 Å². The average molecular weight is 385 g/mol. The van der Waals surface area contributed by atoms with Gasteiger partial charge in [-0.3, -0.25) is 9.69 Å². The van der Waals surface area contributed by atoms with Crippen LogP contribution in [0.15, 0.2) is 41.8 Å². The second kappa shape index (κ2) is 9.00. The van der Waals surface area contributed by atoms with Gasteiger partial charge in [-0.2, -0.15) is 0 Å². The molecule has 1 aromatic carbocycles. The van der Waals surface area contributed by atoms with Crippen molar-refractivity contribution in [3.63, 3.8) is 0 Å². The van der Waals surface area contributed by atoms with Gasteiger partial charge >= 0.3 is 0 Å². The van der Waals surface area contributed by atoms with Gasteiger partial charge in [-0.05, 0) is 54.7 Å². The summed E-state index contributed by atoms with van der Waals surface area (Å²) in [5.74, 6) is 0.117. The van der Waals surface area contributed by atoms with Crippen molar-refractivity contribution in [3.05, 3.63) is 57.8 Å². The fraction of sp³-hybridized carbons (Fsp3) is 0.500. The highest BCUT2D eigenvalue weighted by atomic mass is 32.1. The van der Waals surface area contributed by atoms with E-state index in [1.807, 2.05) is 0 Å². The van der Waals surface area contributed by atoms with Crippen molar-refractivity contribution >= 4 is 17.2 Å². The highest BCUT2D eigenvalue weighted by molar-refractivity contribution is 7.09. The highest BCUT2D eigenvalue weighted by Gasteiger charge is 2.24. The average Bonchev–Trinajstić information content (AvgIpc) is 3.36. The van der Waals surface area contributed by atoms with Crippen molar-refractivity contribution in [2.45, 2.75) is 50.8 Å². The van der Waals surface area contributed by atoms with Gasteiger partial charge in [0.15, 0.2) is 0 Å². The zero-order valence-corrected chi connectivity index (χ0v) is 16.5. The Balaban J connectivity index is 1.39. The molecule has 4 nitrogen and oxygen atoms in total. The van der Waals surface area contributed by atoms with E-state index in [0.29, 0.717) is 6.54 Å². The Hall–Kier alpha value is -1.69. The summed E-state index contributed by atoms with van der Waals surface area (Å²) < 4.78 is 5.81. The second-order valence-electron chi connectivity index (χ2n) is 7.60. The summed E-state index contributed by atoms with van der Waals surface area (Å²) in [6.07, 6.45) is 5.76. The molecule has 4 rings (SSSR count). The van der Waals surface area contributed by atoms with Crippen LogP contribution in [-0.4, -0.2) is 36.6 Å². The summed E-state index contributed by atoms with van der Waals surface area (Å²) in [7, 11) is 0. The number of nitrogens with zero attached hydrogens (tertiary/aromatic N) is 1. The molecule has 144 valence electrons. The lowest BCUT2D eigenvalue weighted by Crippen LogP contribution is -2.42. The zero-order valence-electron chi connectivity index (χ0n) is 15.7. The van der Waals surface area contributed by atoms with Crippen molar-refractivity contribution in [3.8, 4) is 0 Å². The lowest BCUT2D eigenvalue weighted by atomic mass is 9.88. The van der Waals surface area contributed by atoms with Crippen molar-refractivity contribution in [2.24, 2.45) is 0 Å². The molecular formula is C22H28N2O2S. The van der Waals surface area contributed by atoms with E-state index in [0.717, 1.165) is 51.8 Å². The molecule has 1 aliphatic carbocycles. The summed E-state index contributed by atoms with van der Waals surface area (Å²) in [5.41, 5.74) is 2.67. The van der Waals surface area contributed by atoms with Gasteiger partial charge in [-0.15, -0.1) is 11.3 Å². The van der Waals surface area contributed by atoms with E-state index >= 15 is 0 Å². The molecular weight excluding hydrogens is 356 g/mol. The lowest BCUT2D eigenvalue weighted by molar-refractivity contribution is -0.123. The fourth-order valence-electron chi connectivity index (χ4n) is 4.23. The number of carbonyl (C=O) groups excluding carboxylic acids is 1. The topological polar surface area (TPSA) is 41.6 Å². The number of aryl methyl sites for hydroxylation is 1. The van der Waals surface area contributed by atoms with Gasteiger partial charge in [0, 0.05) is 24.6 Å². The van der Waals surface area contributed by atoms with Crippen LogP contribution >= 0.6 is 11.3 Å². The van der Waals surface area contributed by atoms with Gasteiger partial charge < -0.3 is 10.1 Å². The predicted octanol–water partition coefficient (Wildman–Crippen LogP) is 3.92. The predicted molar refractivity (Wildman–Crippen MR) is 109 cm³/mol. The second-order valence-corrected chi connectivity index (χ2v) is 8.63. The van der Waals surface area contributed by atoms with Crippen LogP contribution in [0.4, 0.5) is 0 Å². The standard InChI is InChI=1S/C22H28N2O2S/c25-22(23-21-11-3-7-17-6-1-2-10-20(17)21)16-24(14-18-8-4-12-26-18)15-19-9-5-13-27-19/h1-2,5-6,9-10,13,18,21H,3-4,7-8,11-12,14-16H2,(H,23,25)/t18-,21-/m1/s1. The number of nitrogens with one attached hydrogen (secondary N) is 1. The quantitative estimate of drug-likeness (QED) is 0.787. The van der Waals surface area contributed by atoms with Crippen LogP contribution in [0, 0.1) is 0 Å². The van der Waals surface area contributed by atoms with Crippen molar-refractivity contribution in [1.29, 1.82) is 0 Å². The van der Waals surface area contributed by atoms with E-state index in [9.17, 15) is 4.79 Å². The maximum atomic E-state index is 12.8. The summed E-state index contributed by atoms with van der Waals surface area (Å²) in [6.45, 7) is 2.91. The number of rotatable bonds is 7. The Labute approximate surface area is 165 Å². The molecule has 1 aliphatic heterocycles. The molecule has 1 saturated heterocycles. The molecule has 2 heterocycles. The Morgan fingerprint density at radius 2 is 2.11 bits per heavy atom. The number of hydrogen-bond acceptors (Lipinski definition) is 4. The van der Waals surface area contributed by atoms with Crippen LogP contribution < -0.4 is 5.32 Å². The number of ether oxygens (including phenoxy) is 1. The Bertz CT molecular complexity index is 741. The SMILES string of the molecule is O=C(CN(Cc1cccs1)C[C@H]1CCCO1)N[C@@H]1CCCc2ccccc21. The Morgan fingerprint density at radius 1 is 1.19 bits per heavy atom. The first-order chi connectivity index (χ1) is 13.3. The molecule has 1 amide bonds. The van der Waals surface area contributed by atoms with Gasteiger partial charge in [0.05, 0.1) is 18.7 Å². The maximum absolute atomic E-state index is 12.8. The van der Waals surface area contributed by atoms with E-state index in [-0.39, 0.29) is 18.1 Å². The third kappa shape index (κ3) is 4.98. The van der Waals surface area contributed by atoms with E-state index in [2.05, 4.69) is 52.0 Å². The number of carbonyl (C=O) groups is 1. The molecule has 27 heavy (non-hydrogen) atoms. The molecule has 2 atom stereocenters. The van der Waals surface area contributed by atoms with Crippen LogP contribution in [0.1, 0.15) is 47.7 Å². The van der Waals surface area contributed by atoms with E-state index in [1.54, 1.807) is 11.3 Å². The minimum absolute atomic E-state index is 0.117. The molecule has 5 heteroatoms. The monoisotopic (exact) mass is 384 g/mol. The number of benzene rings is 1. The fourth-order valence-corrected chi connectivity index (χ4v) is 4.98. The number of fused-ring (bicyclic) bond motifs is 1. The maximum Gasteiger partial charge on any atom is 0.234 e. The number of hydrogen-bond donors (Lipinski definition) is 1. The largest absolute Gasteiger partial charge is 0.377 e. The van der Waals surface area contributed by atoms with Gasteiger partial charge in [0.1, 0.15) is 0 Å². The van der Waals surface area contributed by atoms with Crippen molar-refractivity contribution in [1.82, 2.24) is 10.2 Å². The number of amides is 1.